The van der Waals surface area contributed by atoms with E-state index in [4.69, 9.17) is 9.84 Å². The summed E-state index contributed by atoms with van der Waals surface area (Å²) in [6, 6.07) is 5.69. The average Bonchev–Trinajstić information content (AvgIpc) is 2.40. The summed E-state index contributed by atoms with van der Waals surface area (Å²) in [5, 5.41) is 19.3. The van der Waals surface area contributed by atoms with Gasteiger partial charge in [-0.1, -0.05) is 0 Å². The van der Waals surface area contributed by atoms with Crippen LogP contribution in [0.1, 0.15) is 5.56 Å². The number of nitro benzene ring substituents is 1. The molecule has 0 spiro atoms. The minimum absolute atomic E-state index is 0.0149. The van der Waals surface area contributed by atoms with E-state index in [0.717, 1.165) is 0 Å². The number of nitro groups is 1. The van der Waals surface area contributed by atoms with Crippen molar-refractivity contribution in [1.29, 1.82) is 0 Å². The van der Waals surface area contributed by atoms with Crippen molar-refractivity contribution in [3.05, 3.63) is 52.3 Å². The third-order valence-electron chi connectivity index (χ3n) is 2.12. The highest BCUT2D eigenvalue weighted by atomic mass is 16.6. The molecule has 0 fully saturated rings. The van der Waals surface area contributed by atoms with Crippen LogP contribution in [0.2, 0.25) is 0 Å². The van der Waals surface area contributed by atoms with Crippen LogP contribution in [0.5, 0.6) is 11.8 Å². The Bertz CT molecular complexity index is 539. The van der Waals surface area contributed by atoms with Gasteiger partial charge in [-0.15, -0.1) is 0 Å². The fourth-order valence-electron chi connectivity index (χ4n) is 1.22. The highest BCUT2D eigenvalue weighted by Crippen LogP contribution is 2.20. The molecular formula is C11H9N3O4. The monoisotopic (exact) mass is 247 g/mol. The van der Waals surface area contributed by atoms with Crippen molar-refractivity contribution >= 4 is 5.69 Å². The average molecular weight is 247 g/mol. The standard InChI is InChI=1S/C11H9N3O4/c15-7-8-5-12-11(13-6-8)18-10-3-1-9(2-4-10)14(16)17/h1-6,15H,7H2. The summed E-state index contributed by atoms with van der Waals surface area (Å²) >= 11 is 0. The highest BCUT2D eigenvalue weighted by Gasteiger charge is 2.06. The van der Waals surface area contributed by atoms with Crippen LogP contribution in [0.4, 0.5) is 5.69 Å². The van der Waals surface area contributed by atoms with Gasteiger partial charge in [-0.05, 0) is 12.1 Å². The fourth-order valence-corrected chi connectivity index (χ4v) is 1.22. The second-order valence-electron chi connectivity index (χ2n) is 3.39. The summed E-state index contributed by atoms with van der Waals surface area (Å²) < 4.78 is 5.29. The van der Waals surface area contributed by atoms with E-state index in [9.17, 15) is 10.1 Å². The predicted molar refractivity (Wildman–Crippen MR) is 61.1 cm³/mol. The zero-order chi connectivity index (χ0) is 13.0. The van der Waals surface area contributed by atoms with Gasteiger partial charge in [0, 0.05) is 30.1 Å². The fraction of sp³-hybridized carbons (Fsp3) is 0.0909. The summed E-state index contributed by atoms with van der Waals surface area (Å²) in [4.78, 5) is 17.7. The summed E-state index contributed by atoms with van der Waals surface area (Å²) in [6.45, 7) is -0.141. The number of nitrogens with zero attached hydrogens (tertiary/aromatic N) is 3. The lowest BCUT2D eigenvalue weighted by molar-refractivity contribution is -0.384. The topological polar surface area (TPSA) is 98.4 Å². The second kappa shape index (κ2) is 5.19. The van der Waals surface area contributed by atoms with Crippen LogP contribution in [-0.4, -0.2) is 20.0 Å². The molecule has 0 radical (unpaired) electrons. The lowest BCUT2D eigenvalue weighted by Crippen LogP contribution is -1.94. The van der Waals surface area contributed by atoms with Crippen LogP contribution < -0.4 is 4.74 Å². The Balaban J connectivity index is 2.10. The molecule has 0 unspecified atom stereocenters. The molecule has 0 aliphatic carbocycles. The van der Waals surface area contributed by atoms with E-state index in [1.54, 1.807) is 0 Å². The predicted octanol–water partition coefficient (Wildman–Crippen LogP) is 1.67. The number of rotatable bonds is 4. The highest BCUT2D eigenvalue weighted by molar-refractivity contribution is 5.36. The lowest BCUT2D eigenvalue weighted by atomic mass is 10.3. The van der Waals surface area contributed by atoms with Gasteiger partial charge < -0.3 is 9.84 Å². The number of benzene rings is 1. The molecule has 2 rings (SSSR count). The number of hydrogen-bond donors (Lipinski definition) is 1. The Morgan fingerprint density at radius 2 is 1.83 bits per heavy atom. The van der Waals surface area contributed by atoms with Gasteiger partial charge in [0.1, 0.15) is 5.75 Å². The van der Waals surface area contributed by atoms with Crippen LogP contribution in [0, 0.1) is 10.1 Å². The van der Waals surface area contributed by atoms with Crippen LogP contribution >= 0.6 is 0 Å². The molecule has 0 saturated carbocycles. The zero-order valence-corrected chi connectivity index (χ0v) is 9.18. The molecule has 7 heteroatoms. The van der Waals surface area contributed by atoms with Gasteiger partial charge in [-0.25, -0.2) is 9.97 Å². The Morgan fingerprint density at radius 1 is 1.22 bits per heavy atom. The maximum atomic E-state index is 10.5. The first-order valence-electron chi connectivity index (χ1n) is 5.03. The second-order valence-corrected chi connectivity index (χ2v) is 3.39. The van der Waals surface area contributed by atoms with Gasteiger partial charge in [-0.3, -0.25) is 10.1 Å². The molecule has 0 aliphatic rings. The molecule has 0 amide bonds. The van der Waals surface area contributed by atoms with Gasteiger partial charge in [0.25, 0.3) is 5.69 Å². The molecule has 0 bridgehead atoms. The minimum Gasteiger partial charge on any atom is -0.424 e. The van der Waals surface area contributed by atoms with Crippen molar-refractivity contribution < 1.29 is 14.8 Å². The molecule has 0 saturated heterocycles. The number of hydrogen-bond acceptors (Lipinski definition) is 6. The molecule has 1 aromatic carbocycles. The minimum atomic E-state index is -0.490. The van der Waals surface area contributed by atoms with E-state index in [-0.39, 0.29) is 18.3 Å². The first kappa shape index (κ1) is 11.9. The van der Waals surface area contributed by atoms with Crippen LogP contribution in [0.3, 0.4) is 0 Å². The smallest absolute Gasteiger partial charge is 0.321 e. The largest absolute Gasteiger partial charge is 0.424 e. The third kappa shape index (κ3) is 2.77. The molecule has 0 atom stereocenters. The maximum absolute atomic E-state index is 10.5. The Labute approximate surface area is 102 Å². The number of aliphatic hydroxyl groups excluding tert-OH is 1. The number of aliphatic hydroxyl groups is 1. The molecule has 1 heterocycles. The van der Waals surface area contributed by atoms with Crippen LogP contribution in [0.15, 0.2) is 36.7 Å². The summed E-state index contributed by atoms with van der Waals surface area (Å²) in [5.41, 5.74) is 0.560. The van der Waals surface area contributed by atoms with Crippen molar-refractivity contribution in [2.45, 2.75) is 6.61 Å². The van der Waals surface area contributed by atoms with Gasteiger partial charge in [0.2, 0.25) is 0 Å². The van der Waals surface area contributed by atoms with Gasteiger partial charge in [-0.2, -0.15) is 0 Å². The maximum Gasteiger partial charge on any atom is 0.321 e. The SMILES string of the molecule is O=[N+]([O-])c1ccc(Oc2ncc(CO)cn2)cc1. The van der Waals surface area contributed by atoms with Gasteiger partial charge in [0.05, 0.1) is 11.5 Å². The lowest BCUT2D eigenvalue weighted by Gasteiger charge is -2.03. The van der Waals surface area contributed by atoms with Crippen molar-refractivity contribution in [2.24, 2.45) is 0 Å². The first-order valence-corrected chi connectivity index (χ1v) is 5.03. The molecule has 0 aliphatic heterocycles. The number of non-ortho nitro benzene ring substituents is 1. The number of aromatic nitrogens is 2. The van der Waals surface area contributed by atoms with Crippen molar-refractivity contribution in [3.63, 3.8) is 0 Å². The normalized spacial score (nSPS) is 10.1. The first-order chi connectivity index (χ1) is 8.69. The Morgan fingerprint density at radius 3 is 2.33 bits per heavy atom. The van der Waals surface area contributed by atoms with Crippen molar-refractivity contribution in [3.8, 4) is 11.8 Å². The van der Waals surface area contributed by atoms with E-state index in [0.29, 0.717) is 11.3 Å². The van der Waals surface area contributed by atoms with E-state index < -0.39 is 4.92 Å². The number of ether oxygens (including phenoxy) is 1. The van der Waals surface area contributed by atoms with Gasteiger partial charge in [0.15, 0.2) is 0 Å². The Hall–Kier alpha value is -2.54. The molecule has 1 N–H and O–H groups in total. The molecule has 7 nitrogen and oxygen atoms in total. The van der Waals surface area contributed by atoms with E-state index in [1.165, 1.54) is 36.7 Å². The molecular weight excluding hydrogens is 238 g/mol. The van der Waals surface area contributed by atoms with Crippen LogP contribution in [0.25, 0.3) is 0 Å². The van der Waals surface area contributed by atoms with E-state index >= 15 is 0 Å². The molecule has 92 valence electrons. The quantitative estimate of drug-likeness (QED) is 0.651. The van der Waals surface area contributed by atoms with E-state index in [1.807, 2.05) is 0 Å². The van der Waals surface area contributed by atoms with Gasteiger partial charge >= 0.3 is 6.01 Å². The Kier molecular flexibility index (Phi) is 3.44. The van der Waals surface area contributed by atoms with E-state index in [2.05, 4.69) is 9.97 Å². The summed E-state index contributed by atoms with van der Waals surface area (Å²) in [6.07, 6.45) is 2.88. The molecule has 1 aromatic heterocycles. The van der Waals surface area contributed by atoms with Crippen molar-refractivity contribution in [1.82, 2.24) is 9.97 Å². The third-order valence-corrected chi connectivity index (χ3v) is 2.12. The zero-order valence-electron chi connectivity index (χ0n) is 9.18. The summed E-state index contributed by atoms with van der Waals surface area (Å²) in [5.74, 6) is 0.400. The summed E-state index contributed by atoms with van der Waals surface area (Å²) in [7, 11) is 0. The van der Waals surface area contributed by atoms with Crippen molar-refractivity contribution in [2.75, 3.05) is 0 Å². The molecule has 18 heavy (non-hydrogen) atoms. The van der Waals surface area contributed by atoms with Crippen LogP contribution in [-0.2, 0) is 6.61 Å². The molecule has 2 aromatic rings.